The van der Waals surface area contributed by atoms with E-state index in [9.17, 15) is 14.0 Å². The highest BCUT2D eigenvalue weighted by atomic mass is 35.5. The number of aromatic nitrogens is 3. The van der Waals surface area contributed by atoms with E-state index in [4.69, 9.17) is 11.6 Å². The first-order chi connectivity index (χ1) is 14.5. The summed E-state index contributed by atoms with van der Waals surface area (Å²) in [6.45, 7) is 2.11. The molecule has 1 aliphatic rings. The molecule has 1 N–H and O–H groups in total. The van der Waals surface area contributed by atoms with Crippen molar-refractivity contribution in [2.75, 3.05) is 36.4 Å². The Labute approximate surface area is 180 Å². The summed E-state index contributed by atoms with van der Waals surface area (Å²) in [5, 5.41) is 10.6. The van der Waals surface area contributed by atoms with E-state index in [-0.39, 0.29) is 22.4 Å². The molecule has 1 aliphatic heterocycles. The molecule has 3 heterocycles. The number of anilines is 2. The average Bonchev–Trinajstić information content (AvgIpc) is 3.26. The topological polar surface area (TPSA) is 91.3 Å². The predicted molar refractivity (Wildman–Crippen MR) is 112 cm³/mol. The smallest absolute Gasteiger partial charge is 0.259 e. The van der Waals surface area contributed by atoms with E-state index in [1.54, 1.807) is 17.0 Å². The van der Waals surface area contributed by atoms with Crippen molar-refractivity contribution in [1.29, 1.82) is 0 Å². The number of amides is 2. The third-order valence-electron chi connectivity index (χ3n) is 4.64. The fourth-order valence-corrected chi connectivity index (χ4v) is 3.76. The third kappa shape index (κ3) is 4.39. The molecule has 3 aromatic rings. The zero-order chi connectivity index (χ0) is 21.1. The maximum atomic E-state index is 13.2. The van der Waals surface area contributed by atoms with Crippen molar-refractivity contribution in [3.05, 3.63) is 64.0 Å². The van der Waals surface area contributed by atoms with Gasteiger partial charge in [-0.3, -0.25) is 14.9 Å². The molecular formula is C19H16ClFN6O2S. The van der Waals surface area contributed by atoms with Crippen LogP contribution in [0.3, 0.4) is 0 Å². The Morgan fingerprint density at radius 3 is 2.57 bits per heavy atom. The van der Waals surface area contributed by atoms with E-state index in [0.29, 0.717) is 36.9 Å². The number of carbonyl (C=O) groups excluding carboxylic acids is 2. The summed E-state index contributed by atoms with van der Waals surface area (Å²) in [6, 6.07) is 7.22. The van der Waals surface area contributed by atoms with Crippen LogP contribution in [0.5, 0.6) is 0 Å². The molecule has 11 heteroatoms. The number of piperazine rings is 1. The van der Waals surface area contributed by atoms with E-state index < -0.39 is 5.82 Å². The van der Waals surface area contributed by atoms with Gasteiger partial charge in [0.2, 0.25) is 5.13 Å². The molecule has 0 unspecified atom stereocenters. The van der Waals surface area contributed by atoms with Crippen LogP contribution in [0.25, 0.3) is 0 Å². The van der Waals surface area contributed by atoms with Gasteiger partial charge in [-0.05, 0) is 30.3 Å². The summed E-state index contributed by atoms with van der Waals surface area (Å²) in [5.41, 5.74) is 2.23. The van der Waals surface area contributed by atoms with Crippen LogP contribution < -0.4 is 10.2 Å². The highest BCUT2D eigenvalue weighted by Crippen LogP contribution is 2.21. The summed E-state index contributed by atoms with van der Waals surface area (Å²) in [7, 11) is 0. The molecule has 0 spiro atoms. The lowest BCUT2D eigenvalue weighted by Gasteiger charge is -2.35. The van der Waals surface area contributed by atoms with Gasteiger partial charge in [0.25, 0.3) is 11.8 Å². The number of rotatable bonds is 4. The molecule has 0 atom stereocenters. The highest BCUT2D eigenvalue weighted by Gasteiger charge is 2.24. The van der Waals surface area contributed by atoms with Crippen LogP contribution in [-0.4, -0.2) is 58.1 Å². The summed E-state index contributed by atoms with van der Waals surface area (Å²) in [6.07, 6.45) is 1.50. The SMILES string of the molecule is O=C(Nc1nncs1)c1ccc(N2CCN(C(=O)c3ccc(F)cc3Cl)CC2)nc1. The predicted octanol–water partition coefficient (Wildman–Crippen LogP) is 2.94. The molecule has 2 amide bonds. The second-order valence-corrected chi connectivity index (χ2v) is 7.75. The number of hydrogen-bond donors (Lipinski definition) is 1. The molecular weight excluding hydrogens is 431 g/mol. The van der Waals surface area contributed by atoms with Gasteiger partial charge in [0, 0.05) is 32.4 Å². The number of pyridine rings is 1. The molecule has 30 heavy (non-hydrogen) atoms. The Bertz CT molecular complexity index is 1060. The maximum Gasteiger partial charge on any atom is 0.259 e. The standard InChI is InChI=1S/C19H16ClFN6O2S/c20-15-9-13(21)2-3-14(15)18(29)27-7-5-26(6-8-27)16-4-1-12(10-22-16)17(28)24-19-25-23-11-30-19/h1-4,9-11H,5-8H2,(H,24,25,28). The largest absolute Gasteiger partial charge is 0.353 e. The molecule has 1 saturated heterocycles. The second kappa shape index (κ2) is 8.72. The van der Waals surface area contributed by atoms with Gasteiger partial charge >= 0.3 is 0 Å². The first-order valence-corrected chi connectivity index (χ1v) is 10.3. The van der Waals surface area contributed by atoms with Crippen LogP contribution in [-0.2, 0) is 0 Å². The number of nitrogens with zero attached hydrogens (tertiary/aromatic N) is 5. The number of carbonyl (C=O) groups is 2. The van der Waals surface area contributed by atoms with E-state index in [0.717, 1.165) is 11.9 Å². The zero-order valence-electron chi connectivity index (χ0n) is 15.6. The van der Waals surface area contributed by atoms with Crippen LogP contribution in [0.2, 0.25) is 5.02 Å². The lowest BCUT2D eigenvalue weighted by molar-refractivity contribution is 0.0746. The summed E-state index contributed by atoms with van der Waals surface area (Å²) in [5.74, 6) is -0.295. The zero-order valence-corrected chi connectivity index (χ0v) is 17.2. The third-order valence-corrected chi connectivity index (χ3v) is 5.56. The highest BCUT2D eigenvalue weighted by molar-refractivity contribution is 7.13. The Morgan fingerprint density at radius 1 is 1.13 bits per heavy atom. The molecule has 0 aliphatic carbocycles. The van der Waals surface area contributed by atoms with Crippen molar-refractivity contribution >= 4 is 45.7 Å². The van der Waals surface area contributed by atoms with Crippen LogP contribution in [0.1, 0.15) is 20.7 Å². The number of hydrogen-bond acceptors (Lipinski definition) is 7. The van der Waals surface area contributed by atoms with E-state index >= 15 is 0 Å². The van der Waals surface area contributed by atoms with Crippen LogP contribution in [0.4, 0.5) is 15.3 Å². The molecule has 1 aromatic carbocycles. The normalized spacial score (nSPS) is 13.9. The van der Waals surface area contributed by atoms with Gasteiger partial charge in [-0.2, -0.15) is 0 Å². The van der Waals surface area contributed by atoms with Crippen molar-refractivity contribution in [2.45, 2.75) is 0 Å². The second-order valence-electron chi connectivity index (χ2n) is 6.51. The molecule has 4 rings (SSSR count). The fraction of sp³-hybridized carbons (Fsp3) is 0.211. The average molecular weight is 447 g/mol. The minimum atomic E-state index is -0.479. The Morgan fingerprint density at radius 2 is 1.93 bits per heavy atom. The summed E-state index contributed by atoms with van der Waals surface area (Å²) >= 11 is 7.24. The molecule has 154 valence electrons. The Hall–Kier alpha value is -3.11. The summed E-state index contributed by atoms with van der Waals surface area (Å²) < 4.78 is 13.2. The minimum Gasteiger partial charge on any atom is -0.353 e. The van der Waals surface area contributed by atoms with E-state index in [2.05, 4.69) is 20.5 Å². The van der Waals surface area contributed by atoms with Crippen molar-refractivity contribution in [2.24, 2.45) is 0 Å². The first-order valence-electron chi connectivity index (χ1n) is 9.04. The monoisotopic (exact) mass is 446 g/mol. The molecule has 2 aromatic heterocycles. The lowest BCUT2D eigenvalue weighted by atomic mass is 10.1. The van der Waals surface area contributed by atoms with Crippen LogP contribution in [0.15, 0.2) is 42.0 Å². The van der Waals surface area contributed by atoms with Crippen molar-refractivity contribution in [1.82, 2.24) is 20.1 Å². The van der Waals surface area contributed by atoms with Crippen molar-refractivity contribution in [3.63, 3.8) is 0 Å². The molecule has 0 saturated carbocycles. The minimum absolute atomic E-state index is 0.103. The summed E-state index contributed by atoms with van der Waals surface area (Å²) in [4.78, 5) is 32.9. The molecule has 1 fully saturated rings. The van der Waals surface area contributed by atoms with Crippen molar-refractivity contribution in [3.8, 4) is 0 Å². The quantitative estimate of drug-likeness (QED) is 0.662. The van der Waals surface area contributed by atoms with Gasteiger partial charge in [-0.15, -0.1) is 10.2 Å². The van der Waals surface area contributed by atoms with Gasteiger partial charge in [0.15, 0.2) is 0 Å². The number of nitrogens with one attached hydrogen (secondary N) is 1. The Kier molecular flexibility index (Phi) is 5.86. The number of halogens is 2. The van der Waals surface area contributed by atoms with Gasteiger partial charge < -0.3 is 9.80 Å². The van der Waals surface area contributed by atoms with Gasteiger partial charge in [-0.1, -0.05) is 22.9 Å². The van der Waals surface area contributed by atoms with Gasteiger partial charge in [-0.25, -0.2) is 9.37 Å². The van der Waals surface area contributed by atoms with Gasteiger partial charge in [0.05, 0.1) is 16.1 Å². The molecule has 8 nitrogen and oxygen atoms in total. The van der Waals surface area contributed by atoms with E-state index in [1.807, 2.05) is 4.90 Å². The Balaban J connectivity index is 1.35. The fourth-order valence-electron chi connectivity index (χ4n) is 3.08. The maximum absolute atomic E-state index is 13.2. The van der Waals surface area contributed by atoms with Crippen molar-refractivity contribution < 1.29 is 14.0 Å². The first kappa shape index (κ1) is 20.2. The van der Waals surface area contributed by atoms with Crippen LogP contribution in [0, 0.1) is 5.82 Å². The lowest BCUT2D eigenvalue weighted by Crippen LogP contribution is -2.49. The number of benzene rings is 1. The van der Waals surface area contributed by atoms with E-state index in [1.165, 1.54) is 35.2 Å². The van der Waals surface area contributed by atoms with Crippen LogP contribution >= 0.6 is 22.9 Å². The molecule has 0 bridgehead atoms. The van der Waals surface area contributed by atoms with Gasteiger partial charge in [0.1, 0.15) is 17.1 Å². The molecule has 0 radical (unpaired) electrons.